The fraction of sp³-hybridized carbons (Fsp3) is 0.438. The number of carbonyl (C=O) groups excluding carboxylic acids is 5. The number of nitrogens with zero attached hydrogens (tertiary/aromatic N) is 3. The van der Waals surface area contributed by atoms with E-state index in [1.807, 2.05) is 24.3 Å². The summed E-state index contributed by atoms with van der Waals surface area (Å²) in [6.07, 6.45) is 5.57. The third-order valence-corrected chi connectivity index (χ3v) is 11.2. The zero-order chi connectivity index (χ0) is 47.0. The maximum atomic E-state index is 14.7. The van der Waals surface area contributed by atoms with Gasteiger partial charge in [0.15, 0.2) is 0 Å². The van der Waals surface area contributed by atoms with Crippen LogP contribution < -0.4 is 47.9 Å². The van der Waals surface area contributed by atoms with E-state index in [1.54, 1.807) is 49.4 Å². The van der Waals surface area contributed by atoms with E-state index in [0.717, 1.165) is 36.6 Å². The van der Waals surface area contributed by atoms with E-state index in [4.69, 9.17) is 36.9 Å². The lowest BCUT2D eigenvalue weighted by Gasteiger charge is -2.32. The number of pyridine rings is 1. The lowest BCUT2D eigenvalue weighted by atomic mass is 9.93. The summed E-state index contributed by atoms with van der Waals surface area (Å²) in [5.74, 6) is -2.42. The summed E-state index contributed by atoms with van der Waals surface area (Å²) < 4.78 is 12.2. The van der Waals surface area contributed by atoms with Gasteiger partial charge in [0.2, 0.25) is 23.6 Å². The number of rotatable bonds is 19. The molecule has 5 amide bonds. The van der Waals surface area contributed by atoms with Gasteiger partial charge in [-0.25, -0.2) is 0 Å². The van der Waals surface area contributed by atoms with Gasteiger partial charge in [-0.05, 0) is 92.7 Å². The summed E-state index contributed by atoms with van der Waals surface area (Å²) in [6.45, 7) is 5.80. The van der Waals surface area contributed by atoms with E-state index >= 15 is 0 Å². The van der Waals surface area contributed by atoms with E-state index < -0.39 is 53.7 Å². The van der Waals surface area contributed by atoms with Gasteiger partial charge in [0.25, 0.3) is 5.91 Å². The maximum Gasteiger partial charge on any atom is 0.253 e. The number of nitriles is 1. The number of carbonyl (C=O) groups is 5. The third kappa shape index (κ3) is 12.8. The minimum absolute atomic E-state index is 0.00948. The quantitative estimate of drug-likeness (QED) is 0.0529. The van der Waals surface area contributed by atoms with Crippen molar-refractivity contribution >= 4 is 40.4 Å². The zero-order valence-electron chi connectivity index (χ0n) is 37.7. The topological polar surface area (TPSA) is 270 Å². The van der Waals surface area contributed by atoms with E-state index in [2.05, 4.69) is 28.2 Å². The van der Waals surface area contributed by atoms with Gasteiger partial charge in [0.05, 0.1) is 22.8 Å². The van der Waals surface area contributed by atoms with Crippen LogP contribution in [0.1, 0.15) is 84.7 Å². The van der Waals surface area contributed by atoms with Crippen LogP contribution in [-0.2, 0) is 32.0 Å². The van der Waals surface area contributed by atoms with Gasteiger partial charge in [-0.3, -0.25) is 29.0 Å². The number of unbranched alkanes of at least 4 members (excludes halogenated alkanes) is 3. The van der Waals surface area contributed by atoms with Crippen LogP contribution in [0.4, 0.5) is 0 Å². The van der Waals surface area contributed by atoms with Gasteiger partial charge >= 0.3 is 0 Å². The minimum atomic E-state index is -1.38. The Labute approximate surface area is 380 Å². The second kappa shape index (κ2) is 23.9. The molecule has 4 atom stereocenters. The van der Waals surface area contributed by atoms with Crippen LogP contribution in [0.25, 0.3) is 22.0 Å². The standard InChI is InChI=1S/C48H62N10O7/c1-5-6-7-8-9-31-10-12-33-27-35(29(2)54-39(33)25-31)45(60)56-38(16-17-49)48(63)58(4)43-34-13-15-42(65-23-20-52)37(28-34)36-24-32(11-14-41(36)64-22-19-51)26-40(46(61)53-21-18-50)57-44(59)30(3)55-47(43)62/h10-15,24-25,27-28,30,38,40,43H,5-9,16-17,19-23,26,49,51-52H2,1-4H3,(H,53,61)(H,55,62)(H,56,60)(H,57,59). The molecule has 346 valence electrons. The predicted octanol–water partition coefficient (Wildman–Crippen LogP) is 2.84. The molecule has 0 radical (unpaired) electrons. The number of nitrogens with two attached hydrogens (primary N) is 3. The van der Waals surface area contributed by atoms with Crippen LogP contribution >= 0.6 is 0 Å². The van der Waals surface area contributed by atoms with Gasteiger partial charge < -0.3 is 52.8 Å². The van der Waals surface area contributed by atoms with Crippen LogP contribution in [-0.4, -0.2) is 104 Å². The van der Waals surface area contributed by atoms with Gasteiger partial charge in [-0.1, -0.05) is 50.5 Å². The van der Waals surface area contributed by atoms with E-state index in [1.165, 1.54) is 30.9 Å². The number of likely N-dealkylation sites (N-methyl/N-ethyl adjacent to an activating group) is 1. The van der Waals surface area contributed by atoms with Crippen LogP contribution in [0.5, 0.6) is 11.5 Å². The number of aromatic nitrogens is 1. The van der Waals surface area contributed by atoms with E-state index in [9.17, 15) is 24.0 Å². The Morgan fingerprint density at radius 2 is 1.62 bits per heavy atom. The second-order valence-corrected chi connectivity index (χ2v) is 16.1. The molecule has 4 aromatic rings. The molecule has 0 aliphatic carbocycles. The minimum Gasteiger partial charge on any atom is -0.492 e. The molecule has 4 bridgehead atoms. The Balaban J connectivity index is 1.55. The fourth-order valence-electron chi connectivity index (χ4n) is 7.82. The van der Waals surface area contributed by atoms with Crippen molar-refractivity contribution in [1.29, 1.82) is 5.26 Å². The summed E-state index contributed by atoms with van der Waals surface area (Å²) in [6, 6.07) is 15.0. The molecule has 0 spiro atoms. The van der Waals surface area contributed by atoms with Crippen LogP contribution in [0.3, 0.4) is 0 Å². The van der Waals surface area contributed by atoms with Crippen molar-refractivity contribution in [2.24, 2.45) is 17.2 Å². The molecule has 1 aliphatic heterocycles. The van der Waals surface area contributed by atoms with E-state index in [-0.39, 0.29) is 57.8 Å². The fourth-order valence-corrected chi connectivity index (χ4v) is 7.82. The van der Waals surface area contributed by atoms with Crippen molar-refractivity contribution in [3.63, 3.8) is 0 Å². The number of ether oxygens (including phenoxy) is 2. The Bertz CT molecular complexity index is 2380. The Morgan fingerprint density at radius 1 is 0.908 bits per heavy atom. The average Bonchev–Trinajstić information content (AvgIpc) is 3.29. The van der Waals surface area contributed by atoms with Crippen molar-refractivity contribution in [3.8, 4) is 28.7 Å². The number of fused-ring (bicyclic) bond motifs is 6. The maximum absolute atomic E-state index is 14.7. The first kappa shape index (κ1) is 49.4. The molecule has 0 saturated carbocycles. The molecule has 10 N–H and O–H groups in total. The number of aryl methyl sites for hydroxylation is 2. The SMILES string of the molecule is CCCCCCc1ccc2cc(C(=O)NC(CCN)C(=O)N(C)C3C(=O)NC(C)C(=O)NC(C(=O)NCC#N)Cc4ccc(OCCN)c(c4)-c4cc3ccc4OCCN)c(C)nc2c1. The third-order valence-electron chi connectivity index (χ3n) is 11.2. The van der Waals surface area contributed by atoms with Gasteiger partial charge in [0.1, 0.15) is 55.4 Å². The lowest BCUT2D eigenvalue weighted by molar-refractivity contribution is -0.141. The molecule has 1 aromatic heterocycles. The molecule has 17 nitrogen and oxygen atoms in total. The normalized spacial score (nSPS) is 16.6. The van der Waals surface area contributed by atoms with Crippen molar-refractivity contribution in [3.05, 3.63) is 88.6 Å². The molecule has 5 rings (SSSR count). The summed E-state index contributed by atoms with van der Waals surface area (Å²) in [5, 5.41) is 20.7. The number of nitrogens with one attached hydrogen (secondary N) is 4. The molecule has 0 fully saturated rings. The Morgan fingerprint density at radius 3 is 2.29 bits per heavy atom. The highest BCUT2D eigenvalue weighted by molar-refractivity contribution is 6.02. The molecule has 65 heavy (non-hydrogen) atoms. The van der Waals surface area contributed by atoms with E-state index in [0.29, 0.717) is 39.4 Å². The zero-order valence-corrected chi connectivity index (χ0v) is 37.7. The summed E-state index contributed by atoms with van der Waals surface area (Å²) in [4.78, 5) is 76.4. The first-order valence-electron chi connectivity index (χ1n) is 22.2. The first-order chi connectivity index (χ1) is 31.3. The molecule has 4 unspecified atom stereocenters. The Kier molecular flexibility index (Phi) is 18.2. The first-order valence-corrected chi connectivity index (χ1v) is 22.2. The Hall–Kier alpha value is -6.61. The van der Waals surface area contributed by atoms with Crippen LogP contribution in [0.15, 0.2) is 60.7 Å². The van der Waals surface area contributed by atoms with Crippen molar-refractivity contribution in [2.45, 2.75) is 89.9 Å². The number of benzene rings is 3. The molecule has 17 heteroatoms. The average molecular weight is 891 g/mol. The summed E-state index contributed by atoms with van der Waals surface area (Å²) >= 11 is 0. The molecular weight excluding hydrogens is 829 g/mol. The number of amides is 5. The van der Waals surface area contributed by atoms with Crippen molar-refractivity contribution in [2.75, 3.05) is 46.4 Å². The predicted molar refractivity (Wildman–Crippen MR) is 248 cm³/mol. The lowest BCUT2D eigenvalue weighted by Crippen LogP contribution is -2.56. The van der Waals surface area contributed by atoms with Gasteiger partial charge in [0, 0.05) is 43.1 Å². The van der Waals surface area contributed by atoms with Crippen LogP contribution in [0, 0.1) is 18.3 Å². The smallest absolute Gasteiger partial charge is 0.253 e. The number of hydrogen-bond donors (Lipinski definition) is 7. The second-order valence-electron chi connectivity index (χ2n) is 16.1. The van der Waals surface area contributed by atoms with Crippen molar-refractivity contribution < 1.29 is 33.4 Å². The largest absolute Gasteiger partial charge is 0.492 e. The highest BCUT2D eigenvalue weighted by Crippen LogP contribution is 2.40. The van der Waals surface area contributed by atoms with Gasteiger partial charge in [-0.15, -0.1) is 0 Å². The van der Waals surface area contributed by atoms with Crippen LogP contribution in [0.2, 0.25) is 0 Å². The highest BCUT2D eigenvalue weighted by atomic mass is 16.5. The molecule has 1 aliphatic rings. The number of hydrogen-bond acceptors (Lipinski definition) is 12. The van der Waals surface area contributed by atoms with Gasteiger partial charge in [-0.2, -0.15) is 5.26 Å². The monoisotopic (exact) mass is 890 g/mol. The molecule has 3 aromatic carbocycles. The molecule has 2 heterocycles. The molecular formula is C48H62N10O7. The molecule has 0 saturated heterocycles. The van der Waals surface area contributed by atoms with Crippen molar-refractivity contribution in [1.82, 2.24) is 31.2 Å². The summed E-state index contributed by atoms with van der Waals surface area (Å²) in [7, 11) is 1.43. The highest BCUT2D eigenvalue weighted by Gasteiger charge is 2.36. The summed E-state index contributed by atoms with van der Waals surface area (Å²) in [5.41, 5.74) is 22.3.